The molecule has 0 radical (unpaired) electrons. The van der Waals surface area contributed by atoms with E-state index in [9.17, 15) is 9.18 Å². The molecule has 1 fully saturated rings. The molecule has 0 spiro atoms. The van der Waals surface area contributed by atoms with Gasteiger partial charge >= 0.3 is 0 Å². The zero-order valence-electron chi connectivity index (χ0n) is 19.4. The Morgan fingerprint density at radius 3 is 2.35 bits per heavy atom. The van der Waals surface area contributed by atoms with Gasteiger partial charge in [-0.3, -0.25) is 9.69 Å². The Labute approximate surface area is 185 Å². The Balaban J connectivity index is 1.57. The first-order valence-electron chi connectivity index (χ1n) is 11.2. The van der Waals surface area contributed by atoms with Crippen molar-refractivity contribution < 1.29 is 13.9 Å². The number of ether oxygens (including phenoxy) is 1. The van der Waals surface area contributed by atoms with Crippen LogP contribution in [0.3, 0.4) is 0 Å². The second kappa shape index (κ2) is 10.3. The maximum Gasteiger partial charge on any atom is 0.223 e. The first kappa shape index (κ1) is 23.3. The van der Waals surface area contributed by atoms with Gasteiger partial charge in [0.25, 0.3) is 0 Å². The first-order valence-corrected chi connectivity index (χ1v) is 11.2. The van der Waals surface area contributed by atoms with E-state index in [4.69, 9.17) is 4.74 Å². The lowest BCUT2D eigenvalue weighted by molar-refractivity contribution is -0.127. The van der Waals surface area contributed by atoms with Gasteiger partial charge < -0.3 is 10.1 Å². The second-order valence-corrected chi connectivity index (χ2v) is 9.01. The summed E-state index contributed by atoms with van der Waals surface area (Å²) in [6.07, 6.45) is 1.69. The van der Waals surface area contributed by atoms with Crippen molar-refractivity contribution in [3.63, 3.8) is 0 Å². The number of piperidine rings is 1. The van der Waals surface area contributed by atoms with Crippen molar-refractivity contribution in [1.29, 1.82) is 0 Å². The smallest absolute Gasteiger partial charge is 0.223 e. The number of benzene rings is 2. The summed E-state index contributed by atoms with van der Waals surface area (Å²) < 4.78 is 18.6. The fraction of sp³-hybridized carbons (Fsp3) is 0.500. The number of hydrogen-bond donors (Lipinski definition) is 1. The molecule has 0 unspecified atom stereocenters. The van der Waals surface area contributed by atoms with Gasteiger partial charge in [-0.2, -0.15) is 0 Å². The summed E-state index contributed by atoms with van der Waals surface area (Å²) in [6, 6.07) is 10.9. The van der Waals surface area contributed by atoms with E-state index in [2.05, 4.69) is 50.0 Å². The molecule has 5 heteroatoms. The average molecular weight is 427 g/mol. The first-order chi connectivity index (χ1) is 14.8. The molecule has 2 aromatic carbocycles. The van der Waals surface area contributed by atoms with Crippen LogP contribution in [0, 0.1) is 18.7 Å². The normalized spacial score (nSPS) is 16.4. The minimum atomic E-state index is -0.208. The average Bonchev–Trinajstić information content (AvgIpc) is 2.75. The van der Waals surface area contributed by atoms with Crippen LogP contribution < -0.4 is 10.1 Å². The number of halogens is 1. The third kappa shape index (κ3) is 5.85. The highest BCUT2D eigenvalue weighted by Crippen LogP contribution is 2.32. The summed E-state index contributed by atoms with van der Waals surface area (Å²) in [5, 5.41) is 3.24. The number of hydrogen-bond acceptors (Lipinski definition) is 3. The molecule has 1 heterocycles. The highest BCUT2D eigenvalue weighted by molar-refractivity contribution is 5.79. The zero-order valence-corrected chi connectivity index (χ0v) is 19.4. The maximum absolute atomic E-state index is 13.1. The fourth-order valence-corrected chi connectivity index (χ4v) is 4.42. The number of likely N-dealkylation sites (tertiary alicyclic amines) is 1. The van der Waals surface area contributed by atoms with E-state index in [1.54, 1.807) is 7.11 Å². The standard InChI is InChI=1S/C26H35FN2O2/c1-17(2)23-15-24(18(3)14-25(23)31-5)19(4)28-26(30)21-10-12-29(13-11-21)16-20-6-8-22(27)9-7-20/h6-9,14-15,17,19,21H,10-13,16H2,1-5H3,(H,28,30)/t19-/m0/s1. The molecule has 4 nitrogen and oxygen atoms in total. The zero-order chi connectivity index (χ0) is 22.5. The summed E-state index contributed by atoms with van der Waals surface area (Å²) in [6.45, 7) is 11.0. The highest BCUT2D eigenvalue weighted by Gasteiger charge is 2.26. The van der Waals surface area contributed by atoms with Crippen LogP contribution >= 0.6 is 0 Å². The van der Waals surface area contributed by atoms with E-state index in [1.165, 1.54) is 17.7 Å². The van der Waals surface area contributed by atoms with Crippen LogP contribution in [0.2, 0.25) is 0 Å². The summed E-state index contributed by atoms with van der Waals surface area (Å²) in [4.78, 5) is 15.3. The molecule has 3 rings (SSSR count). The second-order valence-electron chi connectivity index (χ2n) is 9.01. The molecule has 1 N–H and O–H groups in total. The van der Waals surface area contributed by atoms with Crippen molar-refractivity contribution in [1.82, 2.24) is 10.2 Å². The number of rotatable bonds is 7. The maximum atomic E-state index is 13.1. The van der Waals surface area contributed by atoms with E-state index in [0.717, 1.165) is 54.9 Å². The predicted molar refractivity (Wildman–Crippen MR) is 123 cm³/mol. The molecule has 31 heavy (non-hydrogen) atoms. The minimum absolute atomic E-state index is 0.0371. The number of carbonyl (C=O) groups is 1. The molecule has 0 saturated carbocycles. The molecule has 0 bridgehead atoms. The van der Waals surface area contributed by atoms with Crippen LogP contribution in [0.5, 0.6) is 5.75 Å². The Bertz CT molecular complexity index is 887. The minimum Gasteiger partial charge on any atom is -0.496 e. The van der Waals surface area contributed by atoms with Gasteiger partial charge in [-0.05, 0) is 92.2 Å². The molecular formula is C26H35FN2O2. The third-order valence-electron chi connectivity index (χ3n) is 6.34. The van der Waals surface area contributed by atoms with Crippen LogP contribution in [-0.4, -0.2) is 31.0 Å². The Kier molecular flexibility index (Phi) is 7.71. The van der Waals surface area contributed by atoms with Crippen molar-refractivity contribution in [3.05, 3.63) is 64.5 Å². The van der Waals surface area contributed by atoms with Crippen LogP contribution in [0.15, 0.2) is 36.4 Å². The fourth-order valence-electron chi connectivity index (χ4n) is 4.42. The Morgan fingerprint density at radius 1 is 1.13 bits per heavy atom. The van der Waals surface area contributed by atoms with Gasteiger partial charge in [-0.1, -0.05) is 26.0 Å². The van der Waals surface area contributed by atoms with Gasteiger partial charge in [0, 0.05) is 12.5 Å². The molecule has 0 aromatic heterocycles. The topological polar surface area (TPSA) is 41.6 Å². The van der Waals surface area contributed by atoms with Crippen LogP contribution in [-0.2, 0) is 11.3 Å². The number of nitrogens with zero attached hydrogens (tertiary/aromatic N) is 1. The molecule has 1 aliphatic rings. The summed E-state index contributed by atoms with van der Waals surface area (Å²) in [5.41, 5.74) is 4.54. The molecule has 1 amide bonds. The number of amides is 1. The monoisotopic (exact) mass is 426 g/mol. The summed E-state index contributed by atoms with van der Waals surface area (Å²) >= 11 is 0. The number of methoxy groups -OCH3 is 1. The lowest BCUT2D eigenvalue weighted by Gasteiger charge is -2.32. The van der Waals surface area contributed by atoms with Gasteiger partial charge in [0.05, 0.1) is 13.2 Å². The lowest BCUT2D eigenvalue weighted by Crippen LogP contribution is -2.41. The van der Waals surface area contributed by atoms with Crippen LogP contribution in [0.4, 0.5) is 4.39 Å². The number of aryl methyl sites for hydroxylation is 1. The lowest BCUT2D eigenvalue weighted by atomic mass is 9.92. The molecule has 2 aromatic rings. The van der Waals surface area contributed by atoms with E-state index in [0.29, 0.717) is 5.92 Å². The quantitative estimate of drug-likeness (QED) is 0.648. The van der Waals surface area contributed by atoms with Gasteiger partial charge in [0.2, 0.25) is 5.91 Å². The summed E-state index contributed by atoms with van der Waals surface area (Å²) in [5.74, 6) is 1.22. The van der Waals surface area contributed by atoms with Gasteiger partial charge in [0.15, 0.2) is 0 Å². The number of carbonyl (C=O) groups excluding carboxylic acids is 1. The van der Waals surface area contributed by atoms with E-state index < -0.39 is 0 Å². The van der Waals surface area contributed by atoms with Crippen LogP contribution in [0.1, 0.15) is 67.8 Å². The third-order valence-corrected chi connectivity index (χ3v) is 6.34. The van der Waals surface area contributed by atoms with E-state index >= 15 is 0 Å². The largest absolute Gasteiger partial charge is 0.496 e. The predicted octanol–water partition coefficient (Wildman–Crippen LogP) is 5.36. The molecule has 1 aliphatic heterocycles. The van der Waals surface area contributed by atoms with Crippen molar-refractivity contribution >= 4 is 5.91 Å². The van der Waals surface area contributed by atoms with Crippen molar-refractivity contribution in [2.45, 2.75) is 59.0 Å². The van der Waals surface area contributed by atoms with Crippen molar-refractivity contribution in [2.24, 2.45) is 5.92 Å². The molecular weight excluding hydrogens is 391 g/mol. The molecule has 1 saturated heterocycles. The SMILES string of the molecule is COc1cc(C)c([C@H](C)NC(=O)C2CCN(Cc3ccc(F)cc3)CC2)cc1C(C)C. The van der Waals surface area contributed by atoms with Crippen molar-refractivity contribution in [2.75, 3.05) is 20.2 Å². The molecule has 1 atom stereocenters. The van der Waals surface area contributed by atoms with Gasteiger partial charge in [-0.25, -0.2) is 4.39 Å². The van der Waals surface area contributed by atoms with Gasteiger partial charge in [-0.15, -0.1) is 0 Å². The van der Waals surface area contributed by atoms with Crippen molar-refractivity contribution in [3.8, 4) is 5.75 Å². The Morgan fingerprint density at radius 2 is 1.77 bits per heavy atom. The Hall–Kier alpha value is -2.40. The van der Waals surface area contributed by atoms with E-state index in [1.807, 2.05) is 12.1 Å². The molecule has 168 valence electrons. The molecule has 0 aliphatic carbocycles. The number of nitrogens with one attached hydrogen (secondary N) is 1. The summed E-state index contributed by atoms with van der Waals surface area (Å²) in [7, 11) is 1.70. The van der Waals surface area contributed by atoms with Crippen LogP contribution in [0.25, 0.3) is 0 Å². The highest BCUT2D eigenvalue weighted by atomic mass is 19.1. The van der Waals surface area contributed by atoms with Gasteiger partial charge in [0.1, 0.15) is 11.6 Å². The van der Waals surface area contributed by atoms with E-state index in [-0.39, 0.29) is 23.7 Å².